The summed E-state index contributed by atoms with van der Waals surface area (Å²) in [7, 11) is 0. The molecule has 9 heteroatoms. The second-order valence-electron chi connectivity index (χ2n) is 2.43. The summed E-state index contributed by atoms with van der Waals surface area (Å²) in [5.74, 6) is -0.213. The second-order valence-corrected chi connectivity index (χ2v) is 2.43. The maximum absolute atomic E-state index is 11.2. The van der Waals surface area contributed by atoms with Crippen molar-refractivity contribution in [2.45, 2.75) is 0 Å². The Morgan fingerprint density at radius 2 is 2.27 bits per heavy atom. The molecule has 8 nitrogen and oxygen atoms in total. The van der Waals surface area contributed by atoms with Gasteiger partial charge in [-0.25, -0.2) is 4.98 Å². The van der Waals surface area contributed by atoms with E-state index in [4.69, 9.17) is 0 Å². The van der Waals surface area contributed by atoms with Gasteiger partial charge in [0, 0.05) is 0 Å². The number of imidazole rings is 1. The van der Waals surface area contributed by atoms with Crippen LogP contribution in [0.25, 0.3) is 11.2 Å². The fraction of sp³-hybridized carbons (Fsp3) is 0. The third-order valence-electron chi connectivity index (χ3n) is 1.52. The molecule has 0 aromatic carbocycles. The van der Waals surface area contributed by atoms with Gasteiger partial charge >= 0.3 is 29.6 Å². The van der Waals surface area contributed by atoms with Gasteiger partial charge in [0.15, 0.2) is 11.2 Å². The van der Waals surface area contributed by atoms with E-state index in [1.165, 1.54) is 6.33 Å². The molecule has 72 valence electrons. The summed E-state index contributed by atoms with van der Waals surface area (Å²) in [5.41, 5.74) is -0.178. The van der Waals surface area contributed by atoms with Gasteiger partial charge in [-0.2, -0.15) is 4.98 Å². The normalized spacial score (nSPS) is 9.60. The Labute approximate surface area is 104 Å². The van der Waals surface area contributed by atoms with Crippen LogP contribution in [0.2, 0.25) is 0 Å². The predicted molar refractivity (Wildman–Crippen MR) is 43.5 cm³/mol. The van der Waals surface area contributed by atoms with Crippen molar-refractivity contribution in [1.29, 1.82) is 0 Å². The van der Waals surface area contributed by atoms with E-state index >= 15 is 0 Å². The molecule has 0 aliphatic rings. The molecule has 2 aromatic rings. The van der Waals surface area contributed by atoms with Crippen LogP contribution in [-0.2, 0) is 0 Å². The zero-order valence-electron chi connectivity index (χ0n) is 7.70. The smallest absolute Gasteiger partial charge is 0.530 e. The van der Waals surface area contributed by atoms with Crippen molar-refractivity contribution in [3.05, 3.63) is 16.7 Å². The van der Waals surface area contributed by atoms with E-state index in [2.05, 4.69) is 19.9 Å². The van der Waals surface area contributed by atoms with Crippen molar-refractivity contribution in [3.8, 4) is 0 Å². The maximum Gasteiger partial charge on any atom is 1.00 e. The molecule has 0 unspecified atom stereocenters. The minimum atomic E-state index is -1.55. The van der Waals surface area contributed by atoms with Gasteiger partial charge in [-0.15, -0.1) is 0 Å². The van der Waals surface area contributed by atoms with E-state index in [9.17, 15) is 14.7 Å². The van der Waals surface area contributed by atoms with Crippen LogP contribution in [0, 0.1) is 0 Å². The first-order valence-electron chi connectivity index (χ1n) is 3.58. The predicted octanol–water partition coefficient (Wildman–Crippen LogP) is -4.59. The van der Waals surface area contributed by atoms with Crippen LogP contribution in [0.3, 0.4) is 0 Å². The first-order chi connectivity index (χ1) is 6.66. The van der Waals surface area contributed by atoms with Crippen LogP contribution < -0.4 is 45.5 Å². The number of amides is 1. The van der Waals surface area contributed by atoms with Crippen LogP contribution >= 0.6 is 0 Å². The quantitative estimate of drug-likeness (QED) is 0.414. The summed E-state index contributed by atoms with van der Waals surface area (Å²) < 4.78 is 0. The van der Waals surface area contributed by atoms with Gasteiger partial charge in [0.05, 0.1) is 6.33 Å². The van der Waals surface area contributed by atoms with Crippen molar-refractivity contribution >= 4 is 23.2 Å². The average molecular weight is 217 g/mol. The molecule has 0 aliphatic heterocycles. The van der Waals surface area contributed by atoms with Crippen molar-refractivity contribution in [3.63, 3.8) is 0 Å². The Hall–Kier alpha value is -1.38. The van der Waals surface area contributed by atoms with E-state index in [1.54, 1.807) is 0 Å². The first kappa shape index (κ1) is 11.7. The van der Waals surface area contributed by atoms with E-state index in [1.807, 2.05) is 5.32 Å². The number of H-pyrrole nitrogens is 2. The molecule has 0 bridgehead atoms. The summed E-state index contributed by atoms with van der Waals surface area (Å²) in [5, 5.41) is 12.0. The van der Waals surface area contributed by atoms with Crippen LogP contribution in [-0.4, -0.2) is 26.0 Å². The van der Waals surface area contributed by atoms with Crippen LogP contribution in [0.4, 0.5) is 10.7 Å². The van der Waals surface area contributed by atoms with Crippen molar-refractivity contribution < 1.29 is 39.5 Å². The number of rotatable bonds is 1. The summed E-state index contributed by atoms with van der Waals surface area (Å²) in [6.45, 7) is 0. The van der Waals surface area contributed by atoms with Crippen LogP contribution in [0.1, 0.15) is 0 Å². The molecule has 15 heavy (non-hydrogen) atoms. The van der Waals surface area contributed by atoms with Crippen molar-refractivity contribution in [1.82, 2.24) is 19.9 Å². The molecule has 2 rings (SSSR count). The monoisotopic (exact) mass is 217 g/mol. The number of nitrogens with zero attached hydrogens (tertiary/aromatic N) is 2. The molecule has 2 heterocycles. The molecule has 2 aromatic heterocycles. The Balaban J connectivity index is 0.00000112. The fourth-order valence-corrected chi connectivity index (χ4v) is 0.999. The van der Waals surface area contributed by atoms with Gasteiger partial charge in [-0.3, -0.25) is 9.78 Å². The molecule has 0 radical (unpaired) electrons. The number of carbonyl (C=O) groups excluding carboxylic acids is 1. The molecule has 0 fully saturated rings. The average Bonchev–Trinajstić information content (AvgIpc) is 2.50. The van der Waals surface area contributed by atoms with Crippen LogP contribution in [0.5, 0.6) is 0 Å². The van der Waals surface area contributed by atoms with Gasteiger partial charge in [-0.1, -0.05) is 0 Å². The number of fused-ring (bicyclic) bond motifs is 1. The Bertz CT molecular complexity index is 547. The van der Waals surface area contributed by atoms with Gasteiger partial charge < -0.3 is 20.2 Å². The molecule has 0 aliphatic carbocycles. The molecule has 1 amide bonds. The van der Waals surface area contributed by atoms with Gasteiger partial charge in [-0.05, 0) is 0 Å². The Morgan fingerprint density at radius 3 is 2.93 bits per heavy atom. The van der Waals surface area contributed by atoms with E-state index in [0.29, 0.717) is 0 Å². The zero-order valence-corrected chi connectivity index (χ0v) is 9.70. The number of aromatic nitrogens is 4. The first-order valence-corrected chi connectivity index (χ1v) is 3.58. The molecule has 0 atom stereocenters. The number of hydrogen-bond acceptors (Lipinski definition) is 5. The van der Waals surface area contributed by atoms with Gasteiger partial charge in [0.25, 0.3) is 5.56 Å². The fourth-order valence-electron chi connectivity index (χ4n) is 0.999. The largest absolute Gasteiger partial charge is 1.00 e. The minimum Gasteiger partial charge on any atom is -0.530 e. The SMILES string of the molecule is O=C([O-])Nc1nc2nc[nH]c2c(=O)[nH]1.[Na+]. The summed E-state index contributed by atoms with van der Waals surface area (Å²) >= 11 is 0. The third-order valence-corrected chi connectivity index (χ3v) is 1.52. The molecule has 0 saturated carbocycles. The van der Waals surface area contributed by atoms with Gasteiger partial charge in [0.2, 0.25) is 5.95 Å². The maximum atomic E-state index is 11.2. The van der Waals surface area contributed by atoms with E-state index in [0.717, 1.165) is 0 Å². The second kappa shape index (κ2) is 4.43. The molecular weight excluding hydrogens is 213 g/mol. The third kappa shape index (κ3) is 2.35. The summed E-state index contributed by atoms with van der Waals surface area (Å²) in [6, 6.07) is 0. The number of carboxylic acid groups (broad SMARTS) is 1. The molecule has 0 spiro atoms. The molecular formula is C6H4N5NaO3. The topological polar surface area (TPSA) is 127 Å². The van der Waals surface area contributed by atoms with E-state index < -0.39 is 11.7 Å². The van der Waals surface area contributed by atoms with Crippen molar-refractivity contribution in [2.75, 3.05) is 5.32 Å². The summed E-state index contributed by atoms with van der Waals surface area (Å²) in [6.07, 6.45) is -0.265. The van der Waals surface area contributed by atoms with Gasteiger partial charge in [0.1, 0.15) is 6.09 Å². The number of carbonyl (C=O) groups is 1. The standard InChI is InChI=1S/C6H5N5O3.Na/c12-4-2-3(8-1-7-2)9-5(10-4)11-6(13)14;/h1H,(H,13,14)(H3,7,8,9,10,11,12);/q;+1/p-1. The number of anilines is 1. The Kier molecular flexibility index (Phi) is 3.45. The van der Waals surface area contributed by atoms with Crippen LogP contribution in [0.15, 0.2) is 11.1 Å². The Morgan fingerprint density at radius 1 is 1.53 bits per heavy atom. The number of aromatic amines is 2. The summed E-state index contributed by atoms with van der Waals surface area (Å²) in [4.78, 5) is 33.5. The molecule has 3 N–H and O–H groups in total. The number of hydrogen-bond donors (Lipinski definition) is 3. The number of nitrogens with one attached hydrogen (secondary N) is 3. The van der Waals surface area contributed by atoms with Crippen molar-refractivity contribution in [2.24, 2.45) is 0 Å². The zero-order chi connectivity index (χ0) is 10.1. The van der Waals surface area contributed by atoms with E-state index in [-0.39, 0.29) is 46.7 Å². The minimum absolute atomic E-state index is 0. The molecule has 0 saturated heterocycles.